The number of amides is 1. The van der Waals surface area contributed by atoms with Crippen LogP contribution in [0.4, 0.5) is 0 Å². The van der Waals surface area contributed by atoms with Crippen molar-refractivity contribution in [2.45, 2.75) is 27.3 Å². The van der Waals surface area contributed by atoms with Gasteiger partial charge in [-0.2, -0.15) is 10.2 Å². The quantitative estimate of drug-likeness (QED) is 0.459. The van der Waals surface area contributed by atoms with E-state index in [1.807, 2.05) is 18.5 Å². The summed E-state index contributed by atoms with van der Waals surface area (Å²) in [6, 6.07) is 15.4. The van der Waals surface area contributed by atoms with E-state index in [2.05, 4.69) is 46.8 Å². The number of methoxy groups -OCH3 is 1. The lowest BCUT2D eigenvalue weighted by atomic mass is 10.1. The number of aryl methyl sites for hydroxylation is 2. The summed E-state index contributed by atoms with van der Waals surface area (Å²) in [5.74, 6) is 0.966. The number of nitrogens with one attached hydrogen (secondary N) is 1. The Morgan fingerprint density at radius 3 is 2.40 bits per heavy atom. The Hall–Kier alpha value is -3.61. The number of ether oxygens (including phenoxy) is 2. The Morgan fingerprint density at radius 1 is 1.07 bits per heavy atom. The van der Waals surface area contributed by atoms with Crippen LogP contribution in [0.2, 0.25) is 0 Å². The van der Waals surface area contributed by atoms with Crippen LogP contribution >= 0.6 is 0 Å². The molecule has 0 unspecified atom stereocenters. The van der Waals surface area contributed by atoms with Crippen LogP contribution < -0.4 is 14.9 Å². The molecule has 7 heteroatoms. The van der Waals surface area contributed by atoms with Gasteiger partial charge in [-0.3, -0.25) is 9.48 Å². The summed E-state index contributed by atoms with van der Waals surface area (Å²) in [5.41, 5.74) is 7.62. The zero-order valence-electron chi connectivity index (χ0n) is 17.7. The summed E-state index contributed by atoms with van der Waals surface area (Å²) in [6.45, 7) is 6.54. The molecule has 0 saturated heterocycles. The average molecular weight is 406 g/mol. The fourth-order valence-electron chi connectivity index (χ4n) is 2.94. The third-order valence-electron chi connectivity index (χ3n) is 4.70. The van der Waals surface area contributed by atoms with Gasteiger partial charge >= 0.3 is 0 Å². The van der Waals surface area contributed by atoms with E-state index < -0.39 is 0 Å². The van der Waals surface area contributed by atoms with Gasteiger partial charge in [0.1, 0.15) is 11.5 Å². The van der Waals surface area contributed by atoms with Crippen LogP contribution in [0.1, 0.15) is 28.1 Å². The smallest absolute Gasteiger partial charge is 0.277 e. The van der Waals surface area contributed by atoms with Crippen LogP contribution in [-0.2, 0) is 11.3 Å². The maximum atomic E-state index is 12.0. The number of rotatable bonds is 8. The highest BCUT2D eigenvalue weighted by molar-refractivity contribution is 5.84. The van der Waals surface area contributed by atoms with E-state index in [1.165, 1.54) is 11.1 Å². The van der Waals surface area contributed by atoms with E-state index in [9.17, 15) is 4.79 Å². The van der Waals surface area contributed by atoms with Crippen LogP contribution in [0.5, 0.6) is 11.5 Å². The molecule has 0 aliphatic carbocycles. The van der Waals surface area contributed by atoms with Gasteiger partial charge in [0.15, 0.2) is 6.61 Å². The van der Waals surface area contributed by atoms with E-state index in [-0.39, 0.29) is 12.5 Å². The number of carbonyl (C=O) groups is 1. The van der Waals surface area contributed by atoms with E-state index in [0.717, 1.165) is 22.7 Å². The molecule has 2 aromatic carbocycles. The topological polar surface area (TPSA) is 77.7 Å². The highest BCUT2D eigenvalue weighted by atomic mass is 16.5. The van der Waals surface area contributed by atoms with Crippen LogP contribution in [0.3, 0.4) is 0 Å². The van der Waals surface area contributed by atoms with Crippen LogP contribution in [-0.4, -0.2) is 35.6 Å². The van der Waals surface area contributed by atoms with Crippen LogP contribution in [0.25, 0.3) is 0 Å². The minimum absolute atomic E-state index is 0.131. The zero-order valence-corrected chi connectivity index (χ0v) is 17.7. The van der Waals surface area contributed by atoms with Gasteiger partial charge in [0.2, 0.25) is 0 Å². The first-order valence-electron chi connectivity index (χ1n) is 9.64. The molecular formula is C23H26N4O3. The molecule has 156 valence electrons. The zero-order chi connectivity index (χ0) is 21.5. The van der Waals surface area contributed by atoms with Gasteiger partial charge in [0.25, 0.3) is 5.91 Å². The maximum absolute atomic E-state index is 12.0. The van der Waals surface area contributed by atoms with Crippen LogP contribution in [0.15, 0.2) is 53.6 Å². The predicted octanol–water partition coefficient (Wildman–Crippen LogP) is 3.39. The van der Waals surface area contributed by atoms with E-state index in [1.54, 1.807) is 37.6 Å². The van der Waals surface area contributed by atoms with Gasteiger partial charge in [0, 0.05) is 11.3 Å². The Labute approximate surface area is 176 Å². The number of aromatic nitrogens is 2. The molecule has 7 nitrogen and oxygen atoms in total. The van der Waals surface area contributed by atoms with Crippen molar-refractivity contribution in [1.82, 2.24) is 15.2 Å². The molecule has 3 rings (SSSR count). The molecule has 0 aliphatic heterocycles. The third kappa shape index (κ3) is 5.47. The van der Waals surface area contributed by atoms with Crippen molar-refractivity contribution in [3.63, 3.8) is 0 Å². The number of hydrogen-bond donors (Lipinski definition) is 1. The van der Waals surface area contributed by atoms with Gasteiger partial charge < -0.3 is 9.47 Å². The minimum atomic E-state index is -0.343. The second-order valence-electron chi connectivity index (χ2n) is 6.99. The summed E-state index contributed by atoms with van der Waals surface area (Å²) in [6.07, 6.45) is 1.62. The van der Waals surface area contributed by atoms with E-state index in [0.29, 0.717) is 12.3 Å². The third-order valence-corrected chi connectivity index (χ3v) is 4.70. The summed E-state index contributed by atoms with van der Waals surface area (Å²) in [5, 5.41) is 8.65. The Kier molecular flexibility index (Phi) is 6.85. The number of nitrogens with zero attached hydrogens (tertiary/aromatic N) is 3. The monoisotopic (exact) mass is 406 g/mol. The van der Waals surface area contributed by atoms with Crippen molar-refractivity contribution in [3.8, 4) is 11.5 Å². The summed E-state index contributed by atoms with van der Waals surface area (Å²) < 4.78 is 12.5. The summed E-state index contributed by atoms with van der Waals surface area (Å²) >= 11 is 0. The number of carbonyl (C=O) groups excluding carboxylic acids is 1. The normalized spacial score (nSPS) is 10.9. The molecular weight excluding hydrogens is 380 g/mol. The van der Waals surface area contributed by atoms with Gasteiger partial charge in [0.05, 0.1) is 25.6 Å². The molecule has 1 amide bonds. The average Bonchev–Trinajstić information content (AvgIpc) is 3.01. The second-order valence-corrected chi connectivity index (χ2v) is 6.99. The van der Waals surface area contributed by atoms with Crippen molar-refractivity contribution >= 4 is 12.1 Å². The molecule has 30 heavy (non-hydrogen) atoms. The highest BCUT2D eigenvalue weighted by Crippen LogP contribution is 2.17. The molecule has 1 heterocycles. The predicted molar refractivity (Wildman–Crippen MR) is 116 cm³/mol. The van der Waals surface area contributed by atoms with Gasteiger partial charge in [-0.25, -0.2) is 5.43 Å². The molecule has 3 aromatic rings. The number of hydrazone groups is 1. The molecule has 1 aromatic heterocycles. The molecule has 0 atom stereocenters. The van der Waals surface area contributed by atoms with Gasteiger partial charge in [-0.1, -0.05) is 29.8 Å². The standard InChI is InChI=1S/C23H26N4O3/c1-16-5-7-19(8-6-16)14-27-18(3)22(17(2)26-27)13-24-25-23(28)15-30-21-11-9-20(29-4)10-12-21/h5-13H,14-15H2,1-4H3,(H,25,28)/b24-13-. The fraction of sp³-hybridized carbons (Fsp3) is 0.261. The largest absolute Gasteiger partial charge is 0.497 e. The molecule has 0 radical (unpaired) electrons. The number of hydrogen-bond acceptors (Lipinski definition) is 5. The number of benzene rings is 2. The van der Waals surface area contributed by atoms with Crippen molar-refractivity contribution in [2.75, 3.05) is 13.7 Å². The first kappa shape index (κ1) is 21.1. The van der Waals surface area contributed by atoms with Crippen molar-refractivity contribution in [3.05, 3.63) is 76.6 Å². The maximum Gasteiger partial charge on any atom is 0.277 e. The molecule has 0 bridgehead atoms. The first-order valence-corrected chi connectivity index (χ1v) is 9.64. The lowest BCUT2D eigenvalue weighted by Crippen LogP contribution is -2.24. The van der Waals surface area contributed by atoms with E-state index in [4.69, 9.17) is 9.47 Å². The molecule has 0 aliphatic rings. The van der Waals surface area contributed by atoms with Gasteiger partial charge in [-0.15, -0.1) is 0 Å². The molecule has 0 fully saturated rings. The molecule has 1 N–H and O–H groups in total. The van der Waals surface area contributed by atoms with Crippen LogP contribution in [0, 0.1) is 20.8 Å². The first-order chi connectivity index (χ1) is 14.5. The van der Waals surface area contributed by atoms with Crippen molar-refractivity contribution in [1.29, 1.82) is 0 Å². The molecule has 0 spiro atoms. The van der Waals surface area contributed by atoms with E-state index >= 15 is 0 Å². The minimum Gasteiger partial charge on any atom is -0.497 e. The summed E-state index contributed by atoms with van der Waals surface area (Å²) in [4.78, 5) is 12.0. The second kappa shape index (κ2) is 9.73. The van der Waals surface area contributed by atoms with Crippen molar-refractivity contribution < 1.29 is 14.3 Å². The molecule has 0 saturated carbocycles. The highest BCUT2D eigenvalue weighted by Gasteiger charge is 2.10. The fourth-order valence-corrected chi connectivity index (χ4v) is 2.94. The lowest BCUT2D eigenvalue weighted by molar-refractivity contribution is -0.123. The Bertz CT molecular complexity index is 1020. The SMILES string of the molecule is COc1ccc(OCC(=O)N/N=C\c2c(C)nn(Cc3ccc(C)cc3)c2C)cc1. The summed E-state index contributed by atoms with van der Waals surface area (Å²) in [7, 11) is 1.59. The Balaban J connectivity index is 1.55. The lowest BCUT2D eigenvalue weighted by Gasteiger charge is -2.06. The van der Waals surface area contributed by atoms with Gasteiger partial charge in [-0.05, 0) is 50.6 Å². The Morgan fingerprint density at radius 2 is 1.73 bits per heavy atom. The van der Waals surface area contributed by atoms with Crippen molar-refractivity contribution in [2.24, 2.45) is 5.10 Å².